The lowest BCUT2D eigenvalue weighted by Crippen LogP contribution is -2.40. The van der Waals surface area contributed by atoms with Gasteiger partial charge in [-0.3, -0.25) is 9.36 Å². The van der Waals surface area contributed by atoms with Gasteiger partial charge in [0.2, 0.25) is 15.9 Å². The standard InChI is InChI=1S/C26H33N5O5S2/c1-4-19(3)31-25(20-7-6-8-23(17-20)38(33,34)30-13-15-35-16-14-30)28-29-26(31)37-18-24(32)27-21-9-11-22(12-10-21)36-5-2/h6-12,17,19H,4-5,13-16,18H2,1-3H3,(H,27,32)/t19-/m0/s1. The third kappa shape index (κ3) is 6.55. The molecule has 1 fully saturated rings. The largest absolute Gasteiger partial charge is 0.494 e. The molecule has 0 saturated carbocycles. The minimum Gasteiger partial charge on any atom is -0.494 e. The number of carbonyl (C=O) groups is 1. The third-order valence-electron chi connectivity index (χ3n) is 6.18. The Bertz CT molecular complexity index is 1340. The summed E-state index contributed by atoms with van der Waals surface area (Å²) in [5.74, 6) is 1.29. The molecule has 3 aromatic rings. The van der Waals surface area contributed by atoms with E-state index in [0.29, 0.717) is 55.1 Å². The predicted molar refractivity (Wildman–Crippen MR) is 147 cm³/mol. The molecule has 38 heavy (non-hydrogen) atoms. The summed E-state index contributed by atoms with van der Waals surface area (Å²) in [5.41, 5.74) is 1.33. The minimum absolute atomic E-state index is 0.0381. The predicted octanol–water partition coefficient (Wildman–Crippen LogP) is 4.07. The normalized spacial score (nSPS) is 15.2. The lowest BCUT2D eigenvalue weighted by atomic mass is 10.2. The van der Waals surface area contributed by atoms with Gasteiger partial charge in [-0.25, -0.2) is 8.42 Å². The molecule has 1 N–H and O–H groups in total. The van der Waals surface area contributed by atoms with Gasteiger partial charge >= 0.3 is 0 Å². The molecule has 1 aliphatic heterocycles. The summed E-state index contributed by atoms with van der Waals surface area (Å²) >= 11 is 1.29. The number of anilines is 1. The van der Waals surface area contributed by atoms with E-state index in [2.05, 4.69) is 22.4 Å². The summed E-state index contributed by atoms with van der Waals surface area (Å²) in [6.07, 6.45) is 0.808. The fourth-order valence-electron chi connectivity index (χ4n) is 4.01. The van der Waals surface area contributed by atoms with Crippen LogP contribution >= 0.6 is 11.8 Å². The maximum Gasteiger partial charge on any atom is 0.243 e. The molecule has 2 aromatic carbocycles. The smallest absolute Gasteiger partial charge is 0.243 e. The first-order valence-electron chi connectivity index (χ1n) is 12.6. The van der Waals surface area contributed by atoms with Crippen LogP contribution < -0.4 is 10.1 Å². The van der Waals surface area contributed by atoms with Crippen molar-refractivity contribution in [2.24, 2.45) is 0 Å². The SMILES string of the molecule is CCOc1ccc(NC(=O)CSc2nnc(-c3cccc(S(=O)(=O)N4CCOCC4)c3)n2[C@@H](C)CC)cc1. The number of hydrogen-bond acceptors (Lipinski definition) is 8. The fourth-order valence-corrected chi connectivity index (χ4v) is 6.30. The molecular weight excluding hydrogens is 526 g/mol. The quantitative estimate of drug-likeness (QED) is 0.350. The Kier molecular flexibility index (Phi) is 9.42. The van der Waals surface area contributed by atoms with Gasteiger partial charge in [0.1, 0.15) is 5.75 Å². The van der Waals surface area contributed by atoms with Gasteiger partial charge in [0.05, 0.1) is 30.5 Å². The Morgan fingerprint density at radius 3 is 2.55 bits per heavy atom. The van der Waals surface area contributed by atoms with Crippen molar-refractivity contribution < 1.29 is 22.7 Å². The van der Waals surface area contributed by atoms with E-state index in [1.165, 1.54) is 16.1 Å². The highest BCUT2D eigenvalue weighted by Crippen LogP contribution is 2.31. The fraction of sp³-hybridized carbons (Fsp3) is 0.423. The van der Waals surface area contributed by atoms with Crippen LogP contribution in [0.2, 0.25) is 0 Å². The number of nitrogens with one attached hydrogen (secondary N) is 1. The Morgan fingerprint density at radius 1 is 1.13 bits per heavy atom. The topological polar surface area (TPSA) is 116 Å². The molecule has 1 saturated heterocycles. The highest BCUT2D eigenvalue weighted by Gasteiger charge is 2.27. The third-order valence-corrected chi connectivity index (χ3v) is 9.02. The summed E-state index contributed by atoms with van der Waals surface area (Å²) in [5, 5.41) is 12.2. The maximum atomic E-state index is 13.2. The molecule has 0 bridgehead atoms. The zero-order chi connectivity index (χ0) is 27.1. The molecule has 2 heterocycles. The van der Waals surface area contributed by atoms with Gasteiger partial charge in [-0.05, 0) is 56.7 Å². The van der Waals surface area contributed by atoms with Crippen LogP contribution in [0.25, 0.3) is 11.4 Å². The number of carbonyl (C=O) groups excluding carboxylic acids is 1. The van der Waals surface area contributed by atoms with Gasteiger partial charge in [-0.1, -0.05) is 30.8 Å². The number of amides is 1. The van der Waals surface area contributed by atoms with Crippen molar-refractivity contribution in [3.63, 3.8) is 0 Å². The van der Waals surface area contributed by atoms with Crippen molar-refractivity contribution in [3.8, 4) is 17.1 Å². The number of aromatic nitrogens is 3. The van der Waals surface area contributed by atoms with Crippen LogP contribution in [0.15, 0.2) is 58.6 Å². The van der Waals surface area contributed by atoms with Crippen molar-refractivity contribution in [2.75, 3.05) is 44.0 Å². The van der Waals surface area contributed by atoms with Gasteiger partial charge in [0.25, 0.3) is 0 Å². The Morgan fingerprint density at radius 2 is 1.87 bits per heavy atom. The van der Waals surface area contributed by atoms with Crippen LogP contribution in [-0.4, -0.2) is 72.1 Å². The Balaban J connectivity index is 1.52. The molecule has 4 rings (SSSR count). The number of thioether (sulfide) groups is 1. The van der Waals surface area contributed by atoms with Crippen LogP contribution in [0.5, 0.6) is 5.75 Å². The molecular formula is C26H33N5O5S2. The zero-order valence-corrected chi connectivity index (χ0v) is 23.4. The first-order chi connectivity index (χ1) is 18.3. The summed E-state index contributed by atoms with van der Waals surface area (Å²) in [6, 6.07) is 14.0. The van der Waals surface area contributed by atoms with Gasteiger partial charge in [-0.2, -0.15) is 4.31 Å². The second-order valence-electron chi connectivity index (χ2n) is 8.77. The molecule has 0 spiro atoms. The van der Waals surface area contributed by atoms with E-state index < -0.39 is 10.0 Å². The molecule has 10 nitrogen and oxygen atoms in total. The van der Waals surface area contributed by atoms with E-state index in [4.69, 9.17) is 9.47 Å². The van der Waals surface area contributed by atoms with Crippen LogP contribution in [-0.2, 0) is 19.6 Å². The molecule has 1 aromatic heterocycles. The van der Waals surface area contributed by atoms with Crippen molar-refractivity contribution in [1.29, 1.82) is 0 Å². The number of rotatable bonds is 11. The van der Waals surface area contributed by atoms with Crippen molar-refractivity contribution in [2.45, 2.75) is 43.3 Å². The van der Waals surface area contributed by atoms with Crippen LogP contribution in [0.4, 0.5) is 5.69 Å². The zero-order valence-electron chi connectivity index (χ0n) is 21.8. The van der Waals surface area contributed by atoms with Crippen molar-refractivity contribution >= 4 is 33.4 Å². The maximum absolute atomic E-state index is 13.2. The number of nitrogens with zero attached hydrogens (tertiary/aromatic N) is 4. The highest BCUT2D eigenvalue weighted by atomic mass is 32.2. The molecule has 0 unspecified atom stereocenters. The minimum atomic E-state index is -3.65. The number of benzene rings is 2. The molecule has 1 amide bonds. The Labute approximate surface area is 227 Å². The number of ether oxygens (including phenoxy) is 2. The van der Waals surface area contributed by atoms with Crippen molar-refractivity contribution in [1.82, 2.24) is 19.1 Å². The van der Waals surface area contributed by atoms with Gasteiger partial charge < -0.3 is 14.8 Å². The summed E-state index contributed by atoms with van der Waals surface area (Å²) in [7, 11) is -3.65. The van der Waals surface area contributed by atoms with Gasteiger partial charge in [0.15, 0.2) is 11.0 Å². The Hall–Kier alpha value is -2.93. The van der Waals surface area contributed by atoms with Crippen LogP contribution in [0.1, 0.15) is 33.2 Å². The molecule has 12 heteroatoms. The molecule has 1 atom stereocenters. The van der Waals surface area contributed by atoms with Crippen molar-refractivity contribution in [3.05, 3.63) is 48.5 Å². The summed E-state index contributed by atoms with van der Waals surface area (Å²) in [6.45, 7) is 8.02. The van der Waals surface area contributed by atoms with E-state index in [1.807, 2.05) is 36.6 Å². The van der Waals surface area contributed by atoms with Crippen LogP contribution in [0, 0.1) is 0 Å². The lowest BCUT2D eigenvalue weighted by molar-refractivity contribution is -0.113. The van der Waals surface area contributed by atoms with E-state index >= 15 is 0 Å². The van der Waals surface area contributed by atoms with E-state index in [1.54, 1.807) is 30.3 Å². The second kappa shape index (κ2) is 12.7. The number of morpholine rings is 1. The number of hydrogen-bond donors (Lipinski definition) is 1. The first kappa shape index (κ1) is 28.1. The van der Waals surface area contributed by atoms with Gasteiger partial charge in [-0.15, -0.1) is 10.2 Å². The summed E-state index contributed by atoms with van der Waals surface area (Å²) in [4.78, 5) is 12.8. The van der Waals surface area contributed by atoms with E-state index in [-0.39, 0.29) is 22.6 Å². The molecule has 204 valence electrons. The average Bonchev–Trinajstić information content (AvgIpc) is 3.37. The average molecular weight is 560 g/mol. The monoisotopic (exact) mass is 559 g/mol. The highest BCUT2D eigenvalue weighted by molar-refractivity contribution is 7.99. The summed E-state index contributed by atoms with van der Waals surface area (Å²) < 4.78 is 40.6. The molecule has 0 radical (unpaired) electrons. The van der Waals surface area contributed by atoms with E-state index in [0.717, 1.165) is 12.2 Å². The molecule has 0 aliphatic carbocycles. The van der Waals surface area contributed by atoms with E-state index in [9.17, 15) is 13.2 Å². The molecule has 1 aliphatic rings. The lowest BCUT2D eigenvalue weighted by Gasteiger charge is -2.26. The van der Waals surface area contributed by atoms with Gasteiger partial charge in [0, 0.05) is 30.4 Å². The first-order valence-corrected chi connectivity index (χ1v) is 15.0. The second-order valence-corrected chi connectivity index (χ2v) is 11.7. The van der Waals surface area contributed by atoms with Crippen LogP contribution in [0.3, 0.4) is 0 Å². The number of sulfonamides is 1.